The minimum absolute atomic E-state index is 0.0975. The highest BCUT2D eigenvalue weighted by atomic mass is 15.2. The van der Waals surface area contributed by atoms with E-state index in [1.54, 1.807) is 0 Å². The third-order valence-corrected chi connectivity index (χ3v) is 33.5. The van der Waals surface area contributed by atoms with E-state index < -0.39 is 5.92 Å². The van der Waals surface area contributed by atoms with Gasteiger partial charge in [-0.1, -0.05) is 413 Å². The Kier molecular flexibility index (Phi) is 23.5. The lowest BCUT2D eigenvalue weighted by molar-refractivity contribution is 0.590. The van der Waals surface area contributed by atoms with Gasteiger partial charge in [0.2, 0.25) is 0 Å². The topological polar surface area (TPSA) is 19.4 Å². The monoisotopic (exact) mass is 1940 g/mol. The number of rotatable bonds is 9. The SMILES string of the molecule is CC(C)(C)c1ccc(N2c3ccc(C(C)(C)C)cc3B3c4cc(C(C)(C)C)ccc4N(c4ccc(C(C)(C)C)cc4)c4c(C(c5ccc6c7c5N(c5ccc(C(C)(C)C)cc5)c5ccc(C(C)(C)C)cc5B7c5cc(C(C)(C)C)ccc5N6c5ccc(C(C)(C)C)cc5)c5ccc6c7c5N(c5ccc(C(C)(C)C)cc5)c5ccc(C(C)(C)C)cc5B7c5cc(C(C)(C)C)ccc5N6c5ccc(C(C)(C)C)cc5)ccc2c43)cc1. The van der Waals surface area contributed by atoms with Crippen LogP contribution >= 0.6 is 0 Å². The molecule has 15 aromatic rings. The van der Waals surface area contributed by atoms with Crippen LogP contribution < -0.4 is 78.6 Å². The average molecular weight is 1940 g/mol. The maximum absolute atomic E-state index is 2.80. The van der Waals surface area contributed by atoms with E-state index in [1.807, 2.05) is 0 Å². The minimum Gasteiger partial charge on any atom is -0.311 e. The van der Waals surface area contributed by atoms with Crippen LogP contribution in [0.1, 0.15) is 339 Å². The van der Waals surface area contributed by atoms with Crippen LogP contribution in [-0.2, 0) is 65.0 Å². The van der Waals surface area contributed by atoms with Crippen molar-refractivity contribution in [2.75, 3.05) is 29.4 Å². The van der Waals surface area contributed by atoms with Crippen LogP contribution in [0.4, 0.5) is 102 Å². The maximum atomic E-state index is 2.80. The van der Waals surface area contributed by atoms with Gasteiger partial charge >= 0.3 is 0 Å². The Morgan fingerprint density at radius 3 is 0.419 bits per heavy atom. The largest absolute Gasteiger partial charge is 0.311 e. The van der Waals surface area contributed by atoms with Crippen molar-refractivity contribution in [3.8, 4) is 0 Å². The summed E-state index contributed by atoms with van der Waals surface area (Å²) in [6.07, 6.45) is 0. The molecule has 6 aliphatic rings. The summed E-state index contributed by atoms with van der Waals surface area (Å²) in [7, 11) is 0. The zero-order valence-electron chi connectivity index (χ0n) is 95.7. The van der Waals surface area contributed by atoms with Crippen molar-refractivity contribution in [2.45, 2.75) is 320 Å². The molecule has 0 aromatic heterocycles. The zero-order valence-corrected chi connectivity index (χ0v) is 95.7. The predicted octanol–water partition coefficient (Wildman–Crippen LogP) is 32.7. The molecule has 0 bridgehead atoms. The van der Waals surface area contributed by atoms with Crippen molar-refractivity contribution in [3.63, 3.8) is 0 Å². The Balaban J connectivity index is 1.02. The van der Waals surface area contributed by atoms with E-state index in [0.29, 0.717) is 0 Å². The van der Waals surface area contributed by atoms with Gasteiger partial charge in [0.1, 0.15) is 0 Å². The molecule has 15 aromatic carbocycles. The summed E-state index contributed by atoms with van der Waals surface area (Å²) in [4.78, 5) is 16.4. The first kappa shape index (κ1) is 101. The van der Waals surface area contributed by atoms with Crippen LogP contribution in [0.3, 0.4) is 0 Å². The maximum Gasteiger partial charge on any atom is 0.252 e. The average Bonchev–Trinajstić information content (AvgIpc) is 0.677. The fourth-order valence-corrected chi connectivity index (χ4v) is 24.5. The molecule has 0 fully saturated rings. The molecule has 0 radical (unpaired) electrons. The second kappa shape index (κ2) is 34.4. The number of hydrogen-bond donors (Lipinski definition) is 0. The van der Waals surface area contributed by atoms with Crippen molar-refractivity contribution in [2.24, 2.45) is 0 Å². The lowest BCUT2D eigenvalue weighted by Crippen LogP contribution is -2.62. The molecule has 0 amide bonds. The van der Waals surface area contributed by atoms with E-state index in [1.165, 1.54) is 184 Å². The molecule has 0 atom stereocenters. The summed E-state index contributed by atoms with van der Waals surface area (Å²) in [6, 6.07) is 120. The molecular weight excluding hydrogens is 1790 g/mol. The predicted molar refractivity (Wildman–Crippen MR) is 647 cm³/mol. The first-order valence-corrected chi connectivity index (χ1v) is 54.8. The lowest BCUT2D eigenvalue weighted by Gasteiger charge is -2.49. The smallest absolute Gasteiger partial charge is 0.252 e. The summed E-state index contributed by atoms with van der Waals surface area (Å²) in [6.45, 7) is 84.9. The fraction of sp³-hybridized carbons (Fsp3) is 0.353. The fourth-order valence-electron chi connectivity index (χ4n) is 24.5. The van der Waals surface area contributed by atoms with Crippen LogP contribution in [0.25, 0.3) is 0 Å². The van der Waals surface area contributed by atoms with Crippen LogP contribution in [0.15, 0.2) is 291 Å². The number of benzene rings is 15. The highest BCUT2D eigenvalue weighted by Crippen LogP contribution is 2.59. The van der Waals surface area contributed by atoms with Gasteiger partial charge in [-0.2, -0.15) is 0 Å². The summed E-state index contributed by atoms with van der Waals surface area (Å²) >= 11 is 0. The Hall–Kier alpha value is -12.7. The molecule has 148 heavy (non-hydrogen) atoms. The normalized spacial score (nSPS) is 14.7. The molecule has 6 heterocycles. The molecule has 0 saturated carbocycles. The van der Waals surface area contributed by atoms with Gasteiger partial charge in [0.15, 0.2) is 0 Å². The molecule has 6 nitrogen and oxygen atoms in total. The Labute approximate surface area is 889 Å². The Morgan fingerprint density at radius 2 is 0.270 bits per heavy atom. The van der Waals surface area contributed by atoms with Gasteiger partial charge in [-0.05, 0) is 325 Å². The van der Waals surface area contributed by atoms with Crippen LogP contribution in [0.5, 0.6) is 0 Å². The Morgan fingerprint density at radius 1 is 0.142 bits per heavy atom. The van der Waals surface area contributed by atoms with Crippen LogP contribution in [-0.4, -0.2) is 20.1 Å². The molecule has 0 aliphatic carbocycles. The molecule has 9 heteroatoms. The van der Waals surface area contributed by atoms with E-state index in [4.69, 9.17) is 0 Å². The van der Waals surface area contributed by atoms with Gasteiger partial charge in [0, 0.05) is 108 Å². The Bertz CT molecular complexity index is 6990. The van der Waals surface area contributed by atoms with E-state index >= 15 is 0 Å². The van der Waals surface area contributed by atoms with Gasteiger partial charge < -0.3 is 29.4 Å². The van der Waals surface area contributed by atoms with Gasteiger partial charge in [-0.25, -0.2) is 0 Å². The molecular formula is C139H157B3N6. The van der Waals surface area contributed by atoms with Gasteiger partial charge in [0.25, 0.3) is 20.1 Å². The second-order valence-electron chi connectivity index (χ2n) is 56.5. The second-order valence-corrected chi connectivity index (χ2v) is 56.5. The highest BCUT2D eigenvalue weighted by Gasteiger charge is 2.54. The molecule has 0 saturated heterocycles. The van der Waals surface area contributed by atoms with E-state index in [-0.39, 0.29) is 85.1 Å². The number of nitrogens with zero attached hydrogens (tertiary/aromatic N) is 6. The zero-order chi connectivity index (χ0) is 106. The number of hydrogen-bond acceptors (Lipinski definition) is 6. The standard InChI is InChI=1S/C139H157B3N6/c1-128(2,3)85-37-55-97(56-38-85)143-112-70-49-91(134(19,20)21)79-106(112)140-109-82-94(137(28,29)30)52-73-115(109)146(100-61-43-88(44-62-100)131(10,11)12)125-103(67-76-118(143)122(125)140)121(104-68-77-119-123-126(104)147(101-63-45-89(46-64-101)132(13,14)15)116-74-53-95(138(31,32)33)83-110(116)141(123)107-80-92(135(22,23)24)50-71-113(107)144(119)98-57-39-86(40-58-98)129(4,5)6)105-69-78-120-124-127(105)148(102-65-47-90(48-66-102)133(16,17)18)117-75-54-96(139(34,35)36)84-111(117)142(124)108-81-93(136(25,26)27)51-72-114(108)145(120)99-59-41-87(42-60-99)130(7,8)9/h37-84,121H,1-36H3. The summed E-state index contributed by atoms with van der Waals surface area (Å²) < 4.78 is 0. The quantitative estimate of drug-likeness (QED) is 0.105. The van der Waals surface area contributed by atoms with E-state index in [0.717, 1.165) is 51.2 Å². The number of fused-ring (bicyclic) bond motifs is 12. The molecule has 0 unspecified atom stereocenters. The van der Waals surface area contributed by atoms with Crippen molar-refractivity contribution >= 4 is 172 Å². The van der Waals surface area contributed by atoms with Crippen LogP contribution in [0, 0.1) is 0 Å². The first-order valence-electron chi connectivity index (χ1n) is 54.8. The van der Waals surface area contributed by atoms with E-state index in [2.05, 4.69) is 570 Å². The number of anilines is 18. The molecule has 0 N–H and O–H groups in total. The van der Waals surface area contributed by atoms with Crippen molar-refractivity contribution < 1.29 is 0 Å². The highest BCUT2D eigenvalue weighted by molar-refractivity contribution is 7.02. The molecule has 21 rings (SSSR count). The van der Waals surface area contributed by atoms with Crippen molar-refractivity contribution in [3.05, 3.63) is 375 Å². The molecule has 0 spiro atoms. The first-order chi connectivity index (χ1) is 69.0. The van der Waals surface area contributed by atoms with Crippen molar-refractivity contribution in [1.82, 2.24) is 0 Å². The summed E-state index contributed by atoms with van der Waals surface area (Å²) in [5.41, 5.74) is 49.5. The van der Waals surface area contributed by atoms with Crippen molar-refractivity contribution in [1.29, 1.82) is 0 Å². The van der Waals surface area contributed by atoms with Gasteiger partial charge in [-0.15, -0.1) is 0 Å². The summed E-state index contributed by atoms with van der Waals surface area (Å²) in [5.74, 6) is -0.640. The molecule has 752 valence electrons. The van der Waals surface area contributed by atoms with Gasteiger partial charge in [-0.3, -0.25) is 0 Å². The van der Waals surface area contributed by atoms with Crippen LogP contribution in [0.2, 0.25) is 0 Å². The lowest BCUT2D eigenvalue weighted by atomic mass is 9.32. The minimum atomic E-state index is -0.640. The van der Waals surface area contributed by atoms with E-state index in [9.17, 15) is 0 Å². The third-order valence-electron chi connectivity index (χ3n) is 33.5. The third kappa shape index (κ3) is 17.2. The molecule has 6 aliphatic heterocycles. The van der Waals surface area contributed by atoms with Gasteiger partial charge in [0.05, 0.1) is 0 Å². The summed E-state index contributed by atoms with van der Waals surface area (Å²) in [5, 5.41) is 0.